The fourth-order valence-corrected chi connectivity index (χ4v) is 12.2. The van der Waals surface area contributed by atoms with E-state index in [1.165, 1.54) is 51.8 Å². The van der Waals surface area contributed by atoms with E-state index in [0.29, 0.717) is 11.8 Å². The Kier molecular flexibility index (Phi) is 8.29. The van der Waals surface area contributed by atoms with Crippen molar-refractivity contribution in [2.75, 3.05) is 0 Å². The molecule has 296 valence electrons. The molecule has 4 atom stereocenters. The monoisotopic (exact) mass is 789 g/mol. The van der Waals surface area contributed by atoms with E-state index in [1.54, 1.807) is 0 Å². The lowest BCUT2D eigenvalue weighted by atomic mass is 9.56. The summed E-state index contributed by atoms with van der Waals surface area (Å²) in [6.07, 6.45) is 6.02. The lowest BCUT2D eigenvalue weighted by Crippen LogP contribution is -2.43. The largest absolute Gasteiger partial charge is 0.456 e. The molecule has 12 rings (SSSR count). The molecule has 2 heterocycles. The predicted octanol–water partition coefficient (Wildman–Crippen LogP) is 14.1. The molecule has 4 aliphatic rings. The molecule has 0 saturated heterocycles. The Bertz CT molecular complexity index is 2910. The third-order valence-electron chi connectivity index (χ3n) is 14.3. The summed E-state index contributed by atoms with van der Waals surface area (Å²) in [4.78, 5) is 16.1. The molecule has 2 fully saturated rings. The van der Waals surface area contributed by atoms with Crippen LogP contribution in [0.1, 0.15) is 74.0 Å². The zero-order chi connectivity index (χ0) is 40.7. The highest BCUT2D eigenvalue weighted by molar-refractivity contribution is 5.90. The minimum Gasteiger partial charge on any atom is -0.456 e. The Hall–Kier alpha value is -6.65. The molecule has 1 aliphatic heterocycles. The van der Waals surface area contributed by atoms with Crippen LogP contribution in [0.5, 0.6) is 11.5 Å². The second-order valence-electron chi connectivity index (χ2n) is 18.4. The van der Waals surface area contributed by atoms with Gasteiger partial charge in [0, 0.05) is 33.2 Å². The van der Waals surface area contributed by atoms with Gasteiger partial charge in [-0.15, -0.1) is 0 Å². The van der Waals surface area contributed by atoms with Gasteiger partial charge in [0.25, 0.3) is 0 Å². The molecule has 2 unspecified atom stereocenters. The number of aromatic nitrogens is 3. The number of rotatable bonds is 5. The lowest BCUT2D eigenvalue weighted by Gasteiger charge is -2.49. The van der Waals surface area contributed by atoms with E-state index < -0.39 is 5.41 Å². The van der Waals surface area contributed by atoms with Gasteiger partial charge in [0.2, 0.25) is 0 Å². The van der Waals surface area contributed by atoms with Crippen LogP contribution < -0.4 is 4.74 Å². The van der Waals surface area contributed by atoms with E-state index in [-0.39, 0.29) is 5.41 Å². The molecule has 3 aliphatic carbocycles. The van der Waals surface area contributed by atoms with Gasteiger partial charge in [-0.3, -0.25) is 0 Å². The summed E-state index contributed by atoms with van der Waals surface area (Å²) >= 11 is 0. The second kappa shape index (κ2) is 14.0. The number of ether oxygens (including phenoxy) is 1. The van der Waals surface area contributed by atoms with Crippen molar-refractivity contribution in [1.29, 1.82) is 0 Å². The van der Waals surface area contributed by atoms with Gasteiger partial charge in [-0.05, 0) is 94.9 Å². The second-order valence-corrected chi connectivity index (χ2v) is 18.4. The average Bonchev–Trinajstić information content (AvgIpc) is 3.59. The number of hydrogen-bond donors (Lipinski definition) is 0. The highest BCUT2D eigenvalue weighted by Crippen LogP contribution is 2.63. The van der Waals surface area contributed by atoms with Crippen molar-refractivity contribution in [1.82, 2.24) is 15.0 Å². The molecular weight excluding hydrogens is 743 g/mol. The Morgan fingerprint density at radius 3 is 1.56 bits per heavy atom. The van der Waals surface area contributed by atoms with Crippen LogP contribution in [-0.4, -0.2) is 15.0 Å². The van der Waals surface area contributed by atoms with Crippen LogP contribution in [0.25, 0.3) is 56.2 Å². The van der Waals surface area contributed by atoms with Crippen LogP contribution in [-0.2, 0) is 10.8 Å². The maximum atomic E-state index is 7.00. The van der Waals surface area contributed by atoms with E-state index >= 15 is 0 Å². The number of benzene rings is 7. The maximum Gasteiger partial charge on any atom is 0.163 e. The van der Waals surface area contributed by atoms with Crippen LogP contribution in [0.4, 0.5) is 0 Å². The molecule has 4 nitrogen and oxygen atoms in total. The van der Waals surface area contributed by atoms with E-state index in [2.05, 4.69) is 184 Å². The molecule has 2 bridgehead atoms. The van der Waals surface area contributed by atoms with Gasteiger partial charge in [0.1, 0.15) is 17.3 Å². The molecule has 2 saturated carbocycles. The van der Waals surface area contributed by atoms with Crippen LogP contribution in [0.3, 0.4) is 0 Å². The van der Waals surface area contributed by atoms with Crippen LogP contribution in [0.2, 0.25) is 0 Å². The molecule has 0 N–H and O–H groups in total. The van der Waals surface area contributed by atoms with Gasteiger partial charge in [0.15, 0.2) is 11.6 Å². The fourth-order valence-electron chi connectivity index (χ4n) is 12.2. The lowest BCUT2D eigenvalue weighted by molar-refractivity contribution is 0.0720. The summed E-state index contributed by atoms with van der Waals surface area (Å²) in [5, 5.41) is 0. The van der Waals surface area contributed by atoms with Gasteiger partial charge in [-0.25, -0.2) is 15.0 Å². The minimum atomic E-state index is -0.504. The normalized spacial score (nSPS) is 21.4. The molecule has 0 radical (unpaired) electrons. The van der Waals surface area contributed by atoms with Crippen molar-refractivity contribution in [3.63, 3.8) is 0 Å². The molecule has 1 aromatic heterocycles. The summed E-state index contributed by atoms with van der Waals surface area (Å²) in [5.41, 5.74) is 13.5. The number of fused-ring (bicyclic) bond motifs is 11. The molecule has 7 aromatic carbocycles. The van der Waals surface area contributed by atoms with Gasteiger partial charge in [-0.2, -0.15) is 0 Å². The molecule has 1 spiro atoms. The van der Waals surface area contributed by atoms with Crippen molar-refractivity contribution in [3.8, 4) is 67.7 Å². The third kappa shape index (κ3) is 5.68. The first-order valence-corrected chi connectivity index (χ1v) is 22.1. The molecule has 4 heteroatoms. The summed E-state index contributed by atoms with van der Waals surface area (Å²) in [6.45, 7) is 4.86. The average molecular weight is 790 g/mol. The Labute approximate surface area is 358 Å². The first kappa shape index (κ1) is 36.2. The Balaban J connectivity index is 0.978. The van der Waals surface area contributed by atoms with E-state index in [4.69, 9.17) is 19.7 Å². The molecular formula is C57H47N3O. The summed E-state index contributed by atoms with van der Waals surface area (Å²) < 4.78 is 7.00. The Morgan fingerprint density at radius 2 is 0.918 bits per heavy atom. The minimum absolute atomic E-state index is 0.0411. The van der Waals surface area contributed by atoms with Crippen molar-refractivity contribution < 1.29 is 4.74 Å². The summed E-state index contributed by atoms with van der Waals surface area (Å²) in [6, 6.07) is 61.1. The van der Waals surface area contributed by atoms with Crippen LogP contribution in [0.15, 0.2) is 170 Å². The van der Waals surface area contributed by atoms with Gasteiger partial charge < -0.3 is 4.74 Å². The molecule has 8 aromatic rings. The van der Waals surface area contributed by atoms with Crippen LogP contribution in [0, 0.1) is 17.8 Å². The van der Waals surface area contributed by atoms with E-state index in [0.717, 1.165) is 82.0 Å². The summed E-state index contributed by atoms with van der Waals surface area (Å²) in [7, 11) is 0. The van der Waals surface area contributed by atoms with E-state index in [1.807, 2.05) is 0 Å². The fraction of sp³-hybridized carbons (Fsp3) is 0.211. The number of para-hydroxylation sites is 2. The Morgan fingerprint density at radius 1 is 0.426 bits per heavy atom. The highest BCUT2D eigenvalue weighted by Gasteiger charge is 2.51. The van der Waals surface area contributed by atoms with Crippen molar-refractivity contribution in [2.45, 2.75) is 56.8 Å². The quantitative estimate of drug-likeness (QED) is 0.174. The maximum absolute atomic E-state index is 7.00. The standard InChI is InChI=1S/C57H47N3O/c1-36-31-38-32-37(2)34-56(33-36,35-38)55-59-53(42-27-23-40(24-28-42)39-13-4-3-5-14-39)58-54(60-55)43-29-25-41(26-30-43)44-17-12-21-50-52(44)61-51-22-11-10-20-49(51)57(50)47-18-8-6-15-45(47)46-16-7-9-19-48(46)57/h3-30,36-38H,31-35H2,1-2H3/t36-,37?,38+,56?/m1/s1. The van der Waals surface area contributed by atoms with Crippen molar-refractivity contribution in [2.24, 2.45) is 17.8 Å². The first-order valence-electron chi connectivity index (χ1n) is 22.1. The van der Waals surface area contributed by atoms with Crippen LogP contribution >= 0.6 is 0 Å². The molecule has 0 amide bonds. The van der Waals surface area contributed by atoms with E-state index in [9.17, 15) is 0 Å². The summed E-state index contributed by atoms with van der Waals surface area (Å²) in [5.74, 6) is 6.26. The predicted molar refractivity (Wildman–Crippen MR) is 246 cm³/mol. The smallest absolute Gasteiger partial charge is 0.163 e. The van der Waals surface area contributed by atoms with Gasteiger partial charge in [0.05, 0.1) is 5.41 Å². The molecule has 61 heavy (non-hydrogen) atoms. The zero-order valence-electron chi connectivity index (χ0n) is 34.7. The number of hydrogen-bond acceptors (Lipinski definition) is 4. The van der Waals surface area contributed by atoms with Gasteiger partial charge in [-0.1, -0.05) is 178 Å². The topological polar surface area (TPSA) is 47.9 Å². The highest BCUT2D eigenvalue weighted by atomic mass is 16.5. The van der Waals surface area contributed by atoms with Crippen molar-refractivity contribution in [3.05, 3.63) is 198 Å². The van der Waals surface area contributed by atoms with Crippen molar-refractivity contribution >= 4 is 0 Å². The number of nitrogens with zero attached hydrogens (tertiary/aromatic N) is 3. The zero-order valence-corrected chi connectivity index (χ0v) is 34.7. The first-order chi connectivity index (χ1) is 30.0. The SMILES string of the molecule is CC1C[C@@H]2C[C@@H](C)CC(c3nc(-c4ccc(-c5ccccc5)cc4)nc(-c4ccc(-c5cccc6c5Oc5ccccc5C65c6ccccc6-c6ccccc65)cc4)n3)(C1)C2. The van der Waals surface area contributed by atoms with Gasteiger partial charge >= 0.3 is 0 Å². The third-order valence-corrected chi connectivity index (χ3v) is 14.3.